The van der Waals surface area contributed by atoms with E-state index in [1.807, 2.05) is 51.1 Å². The average Bonchev–Trinajstić information content (AvgIpc) is 2.87. The van der Waals surface area contributed by atoms with Crippen LogP contribution in [-0.4, -0.2) is 26.1 Å². The van der Waals surface area contributed by atoms with Crippen LogP contribution in [0.15, 0.2) is 46.3 Å². The molecular weight excluding hydrogens is 348 g/mol. The number of anilines is 1. The molecule has 0 bridgehead atoms. The molecule has 3 rings (SSSR count). The Labute approximate surface area is 155 Å². The molecular formula is C19H20N4O2S. The third-order valence-corrected chi connectivity index (χ3v) is 4.98. The summed E-state index contributed by atoms with van der Waals surface area (Å²) < 4.78 is 2.07. The minimum Gasteiger partial charge on any atom is -0.383 e. The lowest BCUT2D eigenvalue weighted by Crippen LogP contribution is -2.11. The van der Waals surface area contributed by atoms with Crippen LogP contribution in [0.4, 0.5) is 5.82 Å². The van der Waals surface area contributed by atoms with Gasteiger partial charge in [-0.05, 0) is 39.0 Å². The Balaban J connectivity index is 1.83. The maximum atomic E-state index is 12.7. The van der Waals surface area contributed by atoms with Crippen LogP contribution in [0.1, 0.15) is 27.3 Å². The quantitative estimate of drug-likeness (QED) is 0.410. The number of aromatic nitrogens is 3. The average molecular weight is 368 g/mol. The van der Waals surface area contributed by atoms with Crippen molar-refractivity contribution in [2.75, 3.05) is 11.5 Å². The Morgan fingerprint density at radius 1 is 1.19 bits per heavy atom. The summed E-state index contributed by atoms with van der Waals surface area (Å²) in [7, 11) is 0. The summed E-state index contributed by atoms with van der Waals surface area (Å²) >= 11 is 1.17. The van der Waals surface area contributed by atoms with E-state index in [1.165, 1.54) is 23.4 Å². The highest BCUT2D eigenvalue weighted by atomic mass is 32.2. The predicted octanol–water partition coefficient (Wildman–Crippen LogP) is 3.04. The molecule has 2 aromatic heterocycles. The van der Waals surface area contributed by atoms with Crippen LogP contribution < -0.4 is 11.3 Å². The van der Waals surface area contributed by atoms with E-state index < -0.39 is 0 Å². The number of carbonyl (C=O) groups is 1. The molecule has 3 N–H and O–H groups in total. The molecule has 0 unspecified atom stereocenters. The van der Waals surface area contributed by atoms with Gasteiger partial charge in [-0.15, -0.1) is 0 Å². The molecule has 0 amide bonds. The lowest BCUT2D eigenvalue weighted by Gasteiger charge is -2.10. The first-order valence-corrected chi connectivity index (χ1v) is 9.12. The van der Waals surface area contributed by atoms with Crippen molar-refractivity contribution in [3.8, 4) is 5.69 Å². The molecule has 0 atom stereocenters. The smallest absolute Gasteiger partial charge is 0.253 e. The molecule has 0 radical (unpaired) electrons. The minimum atomic E-state index is -0.329. The number of hydrogen-bond donors (Lipinski definition) is 2. The van der Waals surface area contributed by atoms with Crippen LogP contribution in [0.5, 0.6) is 0 Å². The van der Waals surface area contributed by atoms with Gasteiger partial charge in [0.05, 0.1) is 5.75 Å². The molecule has 0 fully saturated rings. The van der Waals surface area contributed by atoms with E-state index in [0.717, 1.165) is 17.1 Å². The highest BCUT2D eigenvalue weighted by molar-refractivity contribution is 7.99. The number of nitrogens with one attached hydrogen (secondary N) is 1. The van der Waals surface area contributed by atoms with Gasteiger partial charge in [-0.25, -0.2) is 4.98 Å². The SMILES string of the molecule is Cc1ccc(-n2c(C)cc(C(=O)CSc3nc(N)cc(=O)[nH]3)c2C)cc1. The normalized spacial score (nSPS) is 10.9. The van der Waals surface area contributed by atoms with Crippen molar-refractivity contribution in [1.82, 2.24) is 14.5 Å². The van der Waals surface area contributed by atoms with E-state index in [4.69, 9.17) is 5.73 Å². The van der Waals surface area contributed by atoms with Crippen molar-refractivity contribution in [3.63, 3.8) is 0 Å². The van der Waals surface area contributed by atoms with Gasteiger partial charge in [-0.2, -0.15) is 0 Å². The highest BCUT2D eigenvalue weighted by Gasteiger charge is 2.17. The lowest BCUT2D eigenvalue weighted by molar-refractivity contribution is 0.102. The molecule has 0 spiro atoms. The fourth-order valence-corrected chi connectivity index (χ4v) is 3.64. The van der Waals surface area contributed by atoms with Crippen molar-refractivity contribution in [2.24, 2.45) is 0 Å². The van der Waals surface area contributed by atoms with Crippen LogP contribution in [0, 0.1) is 20.8 Å². The number of aryl methyl sites for hydroxylation is 2. The highest BCUT2D eigenvalue weighted by Crippen LogP contribution is 2.23. The van der Waals surface area contributed by atoms with Gasteiger partial charge < -0.3 is 15.3 Å². The topological polar surface area (TPSA) is 93.8 Å². The van der Waals surface area contributed by atoms with Gasteiger partial charge in [0.25, 0.3) is 5.56 Å². The van der Waals surface area contributed by atoms with Gasteiger partial charge in [0, 0.05) is 28.7 Å². The number of H-pyrrole nitrogens is 1. The standard InChI is InChI=1S/C19H20N4O2S/c1-11-4-6-14(7-5-11)23-12(2)8-15(13(23)3)16(24)10-26-19-21-17(20)9-18(25)22-19/h4-9H,10H2,1-3H3,(H3,20,21,22,25). The first-order valence-electron chi connectivity index (χ1n) is 8.14. The summed E-state index contributed by atoms with van der Waals surface area (Å²) in [5.41, 5.74) is 10.0. The first kappa shape index (κ1) is 18.0. The monoisotopic (exact) mass is 368 g/mol. The fraction of sp³-hybridized carbons (Fsp3) is 0.211. The first-order chi connectivity index (χ1) is 12.3. The van der Waals surface area contributed by atoms with Gasteiger partial charge >= 0.3 is 0 Å². The van der Waals surface area contributed by atoms with Crippen molar-refractivity contribution in [3.05, 3.63) is 69.3 Å². The van der Waals surface area contributed by atoms with E-state index >= 15 is 0 Å². The maximum Gasteiger partial charge on any atom is 0.253 e. The molecule has 0 saturated heterocycles. The molecule has 134 valence electrons. The number of nitrogen functional groups attached to an aromatic ring is 1. The zero-order valence-electron chi connectivity index (χ0n) is 14.9. The van der Waals surface area contributed by atoms with E-state index in [9.17, 15) is 9.59 Å². The molecule has 7 heteroatoms. The summed E-state index contributed by atoms with van der Waals surface area (Å²) in [5, 5.41) is 0.343. The van der Waals surface area contributed by atoms with Crippen molar-refractivity contribution in [2.45, 2.75) is 25.9 Å². The number of thioether (sulfide) groups is 1. The predicted molar refractivity (Wildman–Crippen MR) is 104 cm³/mol. The van der Waals surface area contributed by atoms with Crippen LogP contribution in [0.2, 0.25) is 0 Å². The molecule has 26 heavy (non-hydrogen) atoms. The van der Waals surface area contributed by atoms with Gasteiger partial charge in [-0.3, -0.25) is 9.59 Å². The molecule has 2 heterocycles. The fourth-order valence-electron chi connectivity index (χ4n) is 2.87. The Bertz CT molecular complexity index is 1020. The summed E-state index contributed by atoms with van der Waals surface area (Å²) in [4.78, 5) is 30.7. The van der Waals surface area contributed by atoms with Gasteiger partial charge in [0.15, 0.2) is 10.9 Å². The molecule has 0 aliphatic heterocycles. The van der Waals surface area contributed by atoms with Crippen molar-refractivity contribution >= 4 is 23.4 Å². The molecule has 0 aliphatic rings. The second-order valence-corrected chi connectivity index (χ2v) is 7.11. The zero-order chi connectivity index (χ0) is 18.8. The number of Topliss-reactive ketones (excluding diaryl/α,β-unsaturated/α-hetero) is 1. The number of nitrogens with two attached hydrogens (primary N) is 1. The number of hydrogen-bond acceptors (Lipinski definition) is 5. The molecule has 3 aromatic rings. The Morgan fingerprint density at radius 3 is 2.54 bits per heavy atom. The molecule has 0 saturated carbocycles. The van der Waals surface area contributed by atoms with Gasteiger partial charge in [0.1, 0.15) is 5.82 Å². The lowest BCUT2D eigenvalue weighted by atomic mass is 10.2. The van der Waals surface area contributed by atoms with Crippen LogP contribution in [0.25, 0.3) is 5.69 Å². The number of benzene rings is 1. The Kier molecular flexibility index (Phi) is 4.99. The van der Waals surface area contributed by atoms with Crippen molar-refractivity contribution < 1.29 is 4.79 Å². The molecule has 6 nitrogen and oxygen atoms in total. The van der Waals surface area contributed by atoms with Crippen molar-refractivity contribution in [1.29, 1.82) is 0 Å². The number of carbonyl (C=O) groups excluding carboxylic acids is 1. The van der Waals surface area contributed by atoms with Gasteiger partial charge in [0.2, 0.25) is 0 Å². The number of aromatic amines is 1. The van der Waals surface area contributed by atoms with Gasteiger partial charge in [-0.1, -0.05) is 29.5 Å². The van der Waals surface area contributed by atoms with Crippen LogP contribution in [0.3, 0.4) is 0 Å². The zero-order valence-corrected chi connectivity index (χ0v) is 15.7. The maximum absolute atomic E-state index is 12.7. The Hall–Kier alpha value is -2.80. The minimum absolute atomic E-state index is 0.0217. The summed E-state index contributed by atoms with van der Waals surface area (Å²) in [5.74, 6) is 0.290. The second kappa shape index (κ2) is 7.21. The third kappa shape index (κ3) is 3.72. The van der Waals surface area contributed by atoms with Crippen LogP contribution >= 0.6 is 11.8 Å². The summed E-state index contributed by atoms with van der Waals surface area (Å²) in [6.45, 7) is 5.96. The van der Waals surface area contributed by atoms with E-state index in [-0.39, 0.29) is 22.9 Å². The summed E-state index contributed by atoms with van der Waals surface area (Å²) in [6, 6.07) is 11.3. The van der Waals surface area contributed by atoms with E-state index in [2.05, 4.69) is 14.5 Å². The second-order valence-electron chi connectivity index (χ2n) is 6.14. The number of rotatable bonds is 5. The van der Waals surface area contributed by atoms with Crippen LogP contribution in [-0.2, 0) is 0 Å². The number of nitrogens with zero attached hydrogens (tertiary/aromatic N) is 2. The largest absolute Gasteiger partial charge is 0.383 e. The third-order valence-electron chi connectivity index (χ3n) is 4.10. The molecule has 1 aromatic carbocycles. The number of ketones is 1. The van der Waals surface area contributed by atoms with E-state index in [1.54, 1.807) is 0 Å². The summed E-state index contributed by atoms with van der Waals surface area (Å²) in [6.07, 6.45) is 0. The van der Waals surface area contributed by atoms with E-state index in [0.29, 0.717) is 10.7 Å². The molecule has 0 aliphatic carbocycles. The Morgan fingerprint density at radius 2 is 1.88 bits per heavy atom.